The minimum atomic E-state index is -0.657. The average Bonchev–Trinajstić information content (AvgIpc) is 2.44. The maximum atomic E-state index is 12.1. The number of carbonyl (C=O) groups excluding carboxylic acids is 1. The molecule has 1 aromatic carbocycles. The summed E-state index contributed by atoms with van der Waals surface area (Å²) in [4.78, 5) is 16.4. The van der Waals surface area contributed by atoms with Gasteiger partial charge < -0.3 is 16.2 Å². The Hall–Kier alpha value is -2.40. The van der Waals surface area contributed by atoms with E-state index in [1.807, 2.05) is 26.0 Å². The Morgan fingerprint density at radius 1 is 1.24 bits per heavy atom. The van der Waals surface area contributed by atoms with Crippen molar-refractivity contribution in [1.82, 2.24) is 4.98 Å². The first-order valence-electron chi connectivity index (χ1n) is 6.74. The van der Waals surface area contributed by atoms with E-state index in [2.05, 4.69) is 10.3 Å². The summed E-state index contributed by atoms with van der Waals surface area (Å²) < 4.78 is 0. The molecule has 0 unspecified atom stereocenters. The summed E-state index contributed by atoms with van der Waals surface area (Å²) in [5.41, 5.74) is 9.16. The van der Waals surface area contributed by atoms with Gasteiger partial charge in [-0.3, -0.25) is 9.78 Å². The Morgan fingerprint density at radius 3 is 2.52 bits per heavy atom. The minimum Gasteiger partial charge on any atom is -0.508 e. The van der Waals surface area contributed by atoms with E-state index in [4.69, 9.17) is 5.73 Å². The maximum absolute atomic E-state index is 12.1. The van der Waals surface area contributed by atoms with E-state index >= 15 is 0 Å². The monoisotopic (exact) mass is 285 g/mol. The van der Waals surface area contributed by atoms with E-state index in [0.29, 0.717) is 12.1 Å². The number of anilines is 1. The average molecular weight is 285 g/mol. The van der Waals surface area contributed by atoms with E-state index in [0.717, 1.165) is 17.0 Å². The molecule has 5 nitrogen and oxygen atoms in total. The lowest BCUT2D eigenvalue weighted by Crippen LogP contribution is -2.37. The van der Waals surface area contributed by atoms with Crippen LogP contribution in [0.1, 0.15) is 17.0 Å². The van der Waals surface area contributed by atoms with Gasteiger partial charge in [-0.05, 0) is 50.1 Å². The van der Waals surface area contributed by atoms with Crippen molar-refractivity contribution in [3.8, 4) is 5.75 Å². The molecule has 0 fully saturated rings. The molecule has 0 bridgehead atoms. The number of nitrogens with two attached hydrogens (primary N) is 1. The van der Waals surface area contributed by atoms with Gasteiger partial charge >= 0.3 is 0 Å². The van der Waals surface area contributed by atoms with Crippen LogP contribution in [-0.4, -0.2) is 22.0 Å². The number of hydrogen-bond acceptors (Lipinski definition) is 4. The van der Waals surface area contributed by atoms with Crippen LogP contribution in [0.15, 0.2) is 36.4 Å². The normalized spacial score (nSPS) is 12.0. The van der Waals surface area contributed by atoms with Crippen molar-refractivity contribution >= 4 is 11.6 Å². The highest BCUT2D eigenvalue weighted by Gasteiger charge is 2.15. The minimum absolute atomic E-state index is 0.193. The Kier molecular flexibility index (Phi) is 4.55. The first-order chi connectivity index (χ1) is 9.95. The van der Waals surface area contributed by atoms with Gasteiger partial charge in [0.05, 0.1) is 17.4 Å². The number of pyridine rings is 1. The van der Waals surface area contributed by atoms with Gasteiger partial charge in [0, 0.05) is 5.69 Å². The van der Waals surface area contributed by atoms with Gasteiger partial charge in [-0.1, -0.05) is 12.1 Å². The lowest BCUT2D eigenvalue weighted by Gasteiger charge is -2.14. The molecule has 110 valence electrons. The SMILES string of the molecule is Cc1ccc(NC(=O)[C@H](N)Cc2ccc(O)cc2)c(C)n1. The molecule has 4 N–H and O–H groups in total. The molecule has 2 aromatic rings. The third kappa shape index (κ3) is 4.03. The fourth-order valence-electron chi connectivity index (χ4n) is 2.02. The zero-order valence-electron chi connectivity index (χ0n) is 12.1. The summed E-state index contributed by atoms with van der Waals surface area (Å²) in [5, 5.41) is 12.0. The molecular formula is C16H19N3O2. The second-order valence-corrected chi connectivity index (χ2v) is 5.05. The number of benzene rings is 1. The van der Waals surface area contributed by atoms with E-state index < -0.39 is 6.04 Å². The fourth-order valence-corrected chi connectivity index (χ4v) is 2.02. The highest BCUT2D eigenvalue weighted by Crippen LogP contribution is 2.14. The lowest BCUT2D eigenvalue weighted by atomic mass is 10.1. The van der Waals surface area contributed by atoms with Crippen molar-refractivity contribution in [3.05, 3.63) is 53.3 Å². The van der Waals surface area contributed by atoms with Gasteiger partial charge in [-0.15, -0.1) is 0 Å². The Balaban J connectivity index is 2.00. The van der Waals surface area contributed by atoms with Crippen LogP contribution in [0, 0.1) is 13.8 Å². The van der Waals surface area contributed by atoms with Crippen molar-refractivity contribution in [2.75, 3.05) is 5.32 Å². The lowest BCUT2D eigenvalue weighted by molar-refractivity contribution is -0.117. The zero-order valence-corrected chi connectivity index (χ0v) is 12.1. The van der Waals surface area contributed by atoms with Crippen LogP contribution in [0.5, 0.6) is 5.75 Å². The van der Waals surface area contributed by atoms with Gasteiger partial charge in [0.1, 0.15) is 5.75 Å². The van der Waals surface area contributed by atoms with E-state index in [-0.39, 0.29) is 11.7 Å². The zero-order chi connectivity index (χ0) is 15.4. The summed E-state index contributed by atoms with van der Waals surface area (Å²) in [6, 6.07) is 9.66. The van der Waals surface area contributed by atoms with Crippen LogP contribution >= 0.6 is 0 Å². The first kappa shape index (κ1) is 15.0. The molecule has 0 saturated carbocycles. The molecule has 0 spiro atoms. The molecule has 0 saturated heterocycles. The summed E-state index contributed by atoms with van der Waals surface area (Å²) in [6.07, 6.45) is 0.407. The summed E-state index contributed by atoms with van der Waals surface area (Å²) >= 11 is 0. The largest absolute Gasteiger partial charge is 0.508 e. The highest BCUT2D eigenvalue weighted by atomic mass is 16.3. The number of phenolic OH excluding ortho intramolecular Hbond substituents is 1. The number of aromatic hydroxyl groups is 1. The summed E-state index contributed by atoms with van der Waals surface area (Å²) in [7, 11) is 0. The standard InChI is InChI=1S/C16H19N3O2/c1-10-3-8-15(11(2)18-10)19-16(21)14(17)9-12-4-6-13(20)7-5-12/h3-8,14,20H,9,17H2,1-2H3,(H,19,21)/t14-/m1/s1. The van der Waals surface area contributed by atoms with Crippen molar-refractivity contribution in [2.24, 2.45) is 5.73 Å². The maximum Gasteiger partial charge on any atom is 0.241 e. The quantitative estimate of drug-likeness (QED) is 0.800. The fraction of sp³-hybridized carbons (Fsp3) is 0.250. The molecule has 0 aliphatic rings. The topological polar surface area (TPSA) is 88.2 Å². The van der Waals surface area contributed by atoms with E-state index in [9.17, 15) is 9.90 Å². The predicted octanol–water partition coefficient (Wildman–Crippen LogP) is 1.91. The Labute approximate surface area is 123 Å². The van der Waals surface area contributed by atoms with Gasteiger partial charge in [-0.25, -0.2) is 0 Å². The second-order valence-electron chi connectivity index (χ2n) is 5.05. The number of aromatic nitrogens is 1. The van der Waals surface area contributed by atoms with Crippen LogP contribution in [0.4, 0.5) is 5.69 Å². The molecule has 1 aromatic heterocycles. The summed E-state index contributed by atoms with van der Waals surface area (Å²) in [6.45, 7) is 3.74. The van der Waals surface area contributed by atoms with Crippen LogP contribution in [0.2, 0.25) is 0 Å². The first-order valence-corrected chi connectivity index (χ1v) is 6.74. The molecule has 0 aliphatic heterocycles. The van der Waals surface area contributed by atoms with Gasteiger partial charge in [-0.2, -0.15) is 0 Å². The van der Waals surface area contributed by atoms with E-state index in [1.54, 1.807) is 24.3 Å². The molecule has 0 radical (unpaired) electrons. The predicted molar refractivity (Wildman–Crippen MR) is 82.1 cm³/mol. The van der Waals surface area contributed by atoms with Crippen LogP contribution in [0.3, 0.4) is 0 Å². The molecule has 1 heterocycles. The van der Waals surface area contributed by atoms with Crippen molar-refractivity contribution in [2.45, 2.75) is 26.3 Å². The third-order valence-corrected chi connectivity index (χ3v) is 3.21. The number of phenols is 1. The van der Waals surface area contributed by atoms with Crippen LogP contribution in [0.25, 0.3) is 0 Å². The molecule has 21 heavy (non-hydrogen) atoms. The Morgan fingerprint density at radius 2 is 1.90 bits per heavy atom. The summed E-state index contributed by atoms with van der Waals surface area (Å²) in [5.74, 6) is -0.0602. The number of amides is 1. The van der Waals surface area contributed by atoms with Crippen LogP contribution < -0.4 is 11.1 Å². The molecular weight excluding hydrogens is 266 g/mol. The molecule has 5 heteroatoms. The van der Waals surface area contributed by atoms with Gasteiger partial charge in [0.2, 0.25) is 5.91 Å². The smallest absolute Gasteiger partial charge is 0.241 e. The number of nitrogens with one attached hydrogen (secondary N) is 1. The number of hydrogen-bond donors (Lipinski definition) is 3. The molecule has 0 aliphatic carbocycles. The van der Waals surface area contributed by atoms with Gasteiger partial charge in [0.25, 0.3) is 0 Å². The van der Waals surface area contributed by atoms with E-state index in [1.165, 1.54) is 0 Å². The number of aryl methyl sites for hydroxylation is 2. The molecule has 1 atom stereocenters. The third-order valence-electron chi connectivity index (χ3n) is 3.21. The number of nitrogens with zero attached hydrogens (tertiary/aromatic N) is 1. The number of rotatable bonds is 4. The Bertz CT molecular complexity index is 638. The van der Waals surface area contributed by atoms with Crippen LogP contribution in [-0.2, 0) is 11.2 Å². The van der Waals surface area contributed by atoms with Crippen molar-refractivity contribution < 1.29 is 9.90 Å². The van der Waals surface area contributed by atoms with Crippen molar-refractivity contribution in [1.29, 1.82) is 0 Å². The van der Waals surface area contributed by atoms with Gasteiger partial charge in [0.15, 0.2) is 0 Å². The highest BCUT2D eigenvalue weighted by molar-refractivity contribution is 5.95. The number of carbonyl (C=O) groups is 1. The molecule has 1 amide bonds. The second kappa shape index (κ2) is 6.37. The van der Waals surface area contributed by atoms with Crippen molar-refractivity contribution in [3.63, 3.8) is 0 Å². The molecule has 2 rings (SSSR count).